The van der Waals surface area contributed by atoms with E-state index < -0.39 is 25.0 Å². The molecule has 0 amide bonds. The molecule has 1 unspecified atom stereocenters. The van der Waals surface area contributed by atoms with Crippen molar-refractivity contribution in [3.8, 4) is 0 Å². The SMILES string of the molecule is NC(COCC(F)(F)C(F)F)c1sccc1Cl. The Morgan fingerprint density at radius 2 is 2.12 bits per heavy atom. The van der Waals surface area contributed by atoms with Gasteiger partial charge < -0.3 is 10.5 Å². The van der Waals surface area contributed by atoms with Crippen molar-refractivity contribution in [2.75, 3.05) is 13.2 Å². The van der Waals surface area contributed by atoms with Crippen LogP contribution >= 0.6 is 22.9 Å². The number of halogens is 5. The van der Waals surface area contributed by atoms with Crippen molar-refractivity contribution >= 4 is 22.9 Å². The van der Waals surface area contributed by atoms with Crippen molar-refractivity contribution in [1.29, 1.82) is 0 Å². The molecule has 2 nitrogen and oxygen atoms in total. The summed E-state index contributed by atoms with van der Waals surface area (Å²) in [5, 5.41) is 2.09. The van der Waals surface area contributed by atoms with Crippen molar-refractivity contribution in [2.24, 2.45) is 5.73 Å². The van der Waals surface area contributed by atoms with E-state index in [-0.39, 0.29) is 6.61 Å². The van der Waals surface area contributed by atoms with Gasteiger partial charge in [-0.2, -0.15) is 8.78 Å². The van der Waals surface area contributed by atoms with Crippen LogP contribution in [0.3, 0.4) is 0 Å². The van der Waals surface area contributed by atoms with Crippen LogP contribution in [-0.4, -0.2) is 25.6 Å². The number of nitrogens with two attached hydrogens (primary N) is 1. The summed E-state index contributed by atoms with van der Waals surface area (Å²) in [6.45, 7) is -1.65. The summed E-state index contributed by atoms with van der Waals surface area (Å²) in [5.74, 6) is -4.15. The minimum absolute atomic E-state index is 0.289. The Labute approximate surface area is 104 Å². The molecule has 0 saturated carbocycles. The van der Waals surface area contributed by atoms with E-state index in [1.54, 1.807) is 11.4 Å². The smallest absolute Gasteiger partial charge is 0.330 e. The average molecular weight is 292 g/mol. The third kappa shape index (κ3) is 4.09. The maximum absolute atomic E-state index is 12.5. The number of ether oxygens (including phenoxy) is 1. The van der Waals surface area contributed by atoms with E-state index in [9.17, 15) is 17.6 Å². The second kappa shape index (κ2) is 5.99. The van der Waals surface area contributed by atoms with E-state index in [0.29, 0.717) is 9.90 Å². The van der Waals surface area contributed by atoms with Gasteiger partial charge in [0.1, 0.15) is 6.61 Å². The van der Waals surface area contributed by atoms with Crippen LogP contribution in [0, 0.1) is 0 Å². The van der Waals surface area contributed by atoms with Crippen LogP contribution in [0.4, 0.5) is 17.6 Å². The molecule has 8 heteroatoms. The molecule has 2 N–H and O–H groups in total. The fraction of sp³-hybridized carbons (Fsp3) is 0.556. The summed E-state index contributed by atoms with van der Waals surface area (Å²) in [5.41, 5.74) is 5.61. The molecule has 0 aromatic carbocycles. The molecule has 0 bridgehead atoms. The van der Waals surface area contributed by atoms with Gasteiger partial charge in [-0.15, -0.1) is 11.3 Å². The zero-order valence-electron chi connectivity index (χ0n) is 8.51. The molecule has 0 radical (unpaired) electrons. The maximum atomic E-state index is 12.5. The lowest BCUT2D eigenvalue weighted by molar-refractivity contribution is -0.166. The quantitative estimate of drug-likeness (QED) is 0.816. The normalized spacial score (nSPS) is 14.3. The summed E-state index contributed by atoms with van der Waals surface area (Å²) in [6, 6.07) is 0.908. The van der Waals surface area contributed by atoms with Gasteiger partial charge in [0.25, 0.3) is 0 Å². The average Bonchev–Trinajstić information content (AvgIpc) is 2.63. The van der Waals surface area contributed by atoms with Gasteiger partial charge in [-0.3, -0.25) is 0 Å². The number of hydrogen-bond donors (Lipinski definition) is 1. The summed E-state index contributed by atoms with van der Waals surface area (Å²) in [6.07, 6.45) is -3.75. The molecule has 98 valence electrons. The largest absolute Gasteiger partial charge is 0.373 e. The highest BCUT2D eigenvalue weighted by molar-refractivity contribution is 7.10. The number of thiophene rings is 1. The first kappa shape index (κ1) is 14.7. The molecule has 0 spiro atoms. The van der Waals surface area contributed by atoms with Gasteiger partial charge in [0.05, 0.1) is 17.7 Å². The zero-order valence-corrected chi connectivity index (χ0v) is 10.1. The van der Waals surface area contributed by atoms with Crippen LogP contribution in [-0.2, 0) is 4.74 Å². The highest BCUT2D eigenvalue weighted by Crippen LogP contribution is 2.28. The second-order valence-electron chi connectivity index (χ2n) is 3.32. The molecule has 1 rings (SSSR count). The van der Waals surface area contributed by atoms with Crippen molar-refractivity contribution in [2.45, 2.75) is 18.4 Å². The van der Waals surface area contributed by atoms with Crippen LogP contribution in [0.2, 0.25) is 5.02 Å². The standard InChI is InChI=1S/C9H10ClF4NOS/c10-5-1-2-17-7(5)6(15)3-16-4-9(13,14)8(11)12/h1-2,6,8H,3-4,15H2. The summed E-state index contributed by atoms with van der Waals surface area (Å²) in [7, 11) is 0. The molecule has 17 heavy (non-hydrogen) atoms. The number of hydrogen-bond acceptors (Lipinski definition) is 3. The topological polar surface area (TPSA) is 35.2 Å². The molecule has 0 aliphatic rings. The van der Waals surface area contributed by atoms with E-state index in [1.807, 2.05) is 0 Å². The van der Waals surface area contributed by atoms with Crippen molar-refractivity contribution in [1.82, 2.24) is 0 Å². The molecule has 0 saturated heterocycles. The highest BCUT2D eigenvalue weighted by atomic mass is 35.5. The molecule has 1 aromatic rings. The van der Waals surface area contributed by atoms with Crippen molar-refractivity contribution < 1.29 is 22.3 Å². The van der Waals surface area contributed by atoms with Crippen LogP contribution in [0.15, 0.2) is 11.4 Å². The summed E-state index contributed by atoms with van der Waals surface area (Å²) in [4.78, 5) is 0.576. The van der Waals surface area contributed by atoms with Gasteiger partial charge in [0.2, 0.25) is 0 Å². The van der Waals surface area contributed by atoms with Gasteiger partial charge in [-0.05, 0) is 11.4 Å². The second-order valence-corrected chi connectivity index (χ2v) is 4.67. The Bertz CT molecular complexity index is 361. The van der Waals surface area contributed by atoms with E-state index in [4.69, 9.17) is 17.3 Å². The monoisotopic (exact) mass is 291 g/mol. The molecule has 0 aliphatic carbocycles. The van der Waals surface area contributed by atoms with E-state index in [0.717, 1.165) is 0 Å². The Balaban J connectivity index is 2.40. The first-order valence-corrected chi connectivity index (χ1v) is 5.82. The van der Waals surface area contributed by atoms with Crippen LogP contribution in [0.5, 0.6) is 0 Å². The van der Waals surface area contributed by atoms with Gasteiger partial charge in [0, 0.05) is 4.88 Å². The van der Waals surface area contributed by atoms with Crippen LogP contribution in [0.1, 0.15) is 10.9 Å². The molecule has 1 aromatic heterocycles. The van der Waals surface area contributed by atoms with Crippen LogP contribution in [0.25, 0.3) is 0 Å². The van der Waals surface area contributed by atoms with Gasteiger partial charge >= 0.3 is 12.3 Å². The summed E-state index contributed by atoms with van der Waals surface area (Å²) < 4.78 is 53.0. The fourth-order valence-corrected chi connectivity index (χ4v) is 2.22. The number of rotatable bonds is 6. The van der Waals surface area contributed by atoms with Crippen molar-refractivity contribution in [3.63, 3.8) is 0 Å². The first-order valence-electron chi connectivity index (χ1n) is 4.57. The minimum Gasteiger partial charge on any atom is -0.373 e. The van der Waals surface area contributed by atoms with E-state index in [2.05, 4.69) is 4.74 Å². The highest BCUT2D eigenvalue weighted by Gasteiger charge is 2.41. The van der Waals surface area contributed by atoms with Crippen molar-refractivity contribution in [3.05, 3.63) is 21.3 Å². The lowest BCUT2D eigenvalue weighted by atomic mass is 10.3. The first-order chi connectivity index (χ1) is 7.84. The molecule has 0 fully saturated rings. The van der Waals surface area contributed by atoms with Gasteiger partial charge in [-0.1, -0.05) is 11.6 Å². The molecular formula is C9H10ClF4NOS. The maximum Gasteiger partial charge on any atom is 0.330 e. The third-order valence-corrected chi connectivity index (χ3v) is 3.38. The molecule has 0 aliphatic heterocycles. The number of alkyl halides is 4. The lowest BCUT2D eigenvalue weighted by Crippen LogP contribution is -2.33. The summed E-state index contributed by atoms with van der Waals surface area (Å²) >= 11 is 7.01. The van der Waals surface area contributed by atoms with Crippen LogP contribution < -0.4 is 5.73 Å². The zero-order chi connectivity index (χ0) is 13.1. The molecular weight excluding hydrogens is 282 g/mol. The Morgan fingerprint density at radius 3 is 2.59 bits per heavy atom. The Kier molecular flexibility index (Phi) is 5.18. The molecule has 1 heterocycles. The van der Waals surface area contributed by atoms with Gasteiger partial charge in [0.15, 0.2) is 0 Å². The van der Waals surface area contributed by atoms with E-state index >= 15 is 0 Å². The lowest BCUT2D eigenvalue weighted by Gasteiger charge is -2.17. The van der Waals surface area contributed by atoms with E-state index in [1.165, 1.54) is 11.3 Å². The van der Waals surface area contributed by atoms with Gasteiger partial charge in [-0.25, -0.2) is 8.78 Å². The fourth-order valence-electron chi connectivity index (χ4n) is 1.03. The predicted molar refractivity (Wildman–Crippen MR) is 58.0 cm³/mol. The minimum atomic E-state index is -4.15. The Morgan fingerprint density at radius 1 is 1.47 bits per heavy atom. The Hall–Kier alpha value is -0.370. The third-order valence-electron chi connectivity index (χ3n) is 1.89. The predicted octanol–water partition coefficient (Wildman–Crippen LogP) is 3.32. The molecule has 1 atom stereocenters.